The van der Waals surface area contributed by atoms with Gasteiger partial charge in [-0.25, -0.2) is 0 Å². The monoisotopic (exact) mass is 294 g/mol. The topological polar surface area (TPSA) is 46.3 Å². The molecule has 1 heterocycles. The number of hydrogen-bond acceptors (Lipinski definition) is 2. The number of nitrogens with zero attached hydrogens (tertiary/aromatic N) is 1. The van der Waals surface area contributed by atoms with E-state index >= 15 is 0 Å². The van der Waals surface area contributed by atoms with E-state index in [-0.39, 0.29) is 11.9 Å². The van der Waals surface area contributed by atoms with Gasteiger partial charge in [0.1, 0.15) is 0 Å². The Balaban J connectivity index is 2.21. The Bertz CT molecular complexity index is 484. The summed E-state index contributed by atoms with van der Waals surface area (Å²) in [5.41, 5.74) is 6.20. The Hall–Kier alpha value is -1.06. The standard InChI is InChI=1S/C16H23ClN2O/c1-11-8-12(9-18)10-19(11)15(20)16(2,3)13-4-6-14(17)7-5-13/h4-7,11-12H,8-10,18H2,1-3H3. The fourth-order valence-corrected chi connectivity index (χ4v) is 3.07. The van der Waals surface area contributed by atoms with Crippen LogP contribution >= 0.6 is 11.6 Å². The first-order valence-electron chi connectivity index (χ1n) is 7.13. The number of nitrogens with two attached hydrogens (primary N) is 1. The maximum absolute atomic E-state index is 12.9. The normalized spacial score (nSPS) is 23.1. The summed E-state index contributed by atoms with van der Waals surface area (Å²) in [4.78, 5) is 14.9. The van der Waals surface area contributed by atoms with Gasteiger partial charge in [0.25, 0.3) is 0 Å². The molecule has 1 aromatic carbocycles. The van der Waals surface area contributed by atoms with Crippen molar-refractivity contribution in [2.45, 2.75) is 38.6 Å². The summed E-state index contributed by atoms with van der Waals surface area (Å²) in [6, 6.07) is 7.80. The summed E-state index contributed by atoms with van der Waals surface area (Å²) in [5.74, 6) is 0.596. The van der Waals surface area contributed by atoms with Crippen molar-refractivity contribution in [2.75, 3.05) is 13.1 Å². The number of benzene rings is 1. The second-order valence-electron chi connectivity index (χ2n) is 6.28. The summed E-state index contributed by atoms with van der Waals surface area (Å²) in [5, 5.41) is 0.690. The lowest BCUT2D eigenvalue weighted by atomic mass is 9.83. The van der Waals surface area contributed by atoms with E-state index in [1.807, 2.05) is 43.0 Å². The molecule has 1 amide bonds. The van der Waals surface area contributed by atoms with Crippen molar-refractivity contribution in [1.82, 2.24) is 4.90 Å². The minimum absolute atomic E-state index is 0.170. The minimum Gasteiger partial charge on any atom is -0.339 e. The first-order valence-corrected chi connectivity index (χ1v) is 7.51. The summed E-state index contributed by atoms with van der Waals surface area (Å²) < 4.78 is 0. The van der Waals surface area contributed by atoms with Crippen LogP contribution in [0.5, 0.6) is 0 Å². The van der Waals surface area contributed by atoms with E-state index in [1.165, 1.54) is 0 Å². The molecule has 1 aliphatic heterocycles. The van der Waals surface area contributed by atoms with Crippen molar-refractivity contribution >= 4 is 17.5 Å². The molecule has 1 aliphatic rings. The van der Waals surface area contributed by atoms with Crippen LogP contribution in [-0.4, -0.2) is 29.9 Å². The van der Waals surface area contributed by atoms with Crippen molar-refractivity contribution in [3.8, 4) is 0 Å². The van der Waals surface area contributed by atoms with Gasteiger partial charge in [-0.1, -0.05) is 23.7 Å². The van der Waals surface area contributed by atoms with E-state index in [1.54, 1.807) is 0 Å². The van der Waals surface area contributed by atoms with Crippen LogP contribution in [0, 0.1) is 5.92 Å². The molecule has 0 aromatic heterocycles. The average Bonchev–Trinajstić information content (AvgIpc) is 2.79. The highest BCUT2D eigenvalue weighted by Crippen LogP contribution is 2.31. The average molecular weight is 295 g/mol. The second kappa shape index (κ2) is 5.74. The first kappa shape index (κ1) is 15.3. The van der Waals surface area contributed by atoms with Gasteiger partial charge in [-0.15, -0.1) is 0 Å². The molecular formula is C16H23ClN2O. The Kier molecular flexibility index (Phi) is 4.40. The van der Waals surface area contributed by atoms with Crippen molar-refractivity contribution in [3.05, 3.63) is 34.9 Å². The van der Waals surface area contributed by atoms with Crippen LogP contribution in [0.15, 0.2) is 24.3 Å². The molecule has 2 rings (SSSR count). The number of rotatable bonds is 3. The van der Waals surface area contributed by atoms with Gasteiger partial charge in [0.05, 0.1) is 5.41 Å². The summed E-state index contributed by atoms with van der Waals surface area (Å²) in [6.45, 7) is 7.47. The molecule has 3 nitrogen and oxygen atoms in total. The lowest BCUT2D eigenvalue weighted by Crippen LogP contribution is -2.45. The van der Waals surface area contributed by atoms with E-state index in [2.05, 4.69) is 6.92 Å². The van der Waals surface area contributed by atoms with Gasteiger partial charge in [0.15, 0.2) is 0 Å². The van der Waals surface area contributed by atoms with E-state index in [9.17, 15) is 4.79 Å². The second-order valence-corrected chi connectivity index (χ2v) is 6.71. The van der Waals surface area contributed by atoms with Crippen LogP contribution in [0.1, 0.15) is 32.8 Å². The van der Waals surface area contributed by atoms with Gasteiger partial charge in [-0.3, -0.25) is 4.79 Å². The molecule has 1 saturated heterocycles. The van der Waals surface area contributed by atoms with Crippen LogP contribution in [0.3, 0.4) is 0 Å². The van der Waals surface area contributed by atoms with Crippen molar-refractivity contribution in [2.24, 2.45) is 11.7 Å². The van der Waals surface area contributed by atoms with E-state index in [0.717, 1.165) is 18.5 Å². The number of hydrogen-bond donors (Lipinski definition) is 1. The fourth-order valence-electron chi connectivity index (χ4n) is 2.95. The Labute approximate surface area is 126 Å². The number of likely N-dealkylation sites (tertiary alicyclic amines) is 1. The van der Waals surface area contributed by atoms with Crippen LogP contribution in [0.2, 0.25) is 5.02 Å². The largest absolute Gasteiger partial charge is 0.339 e. The van der Waals surface area contributed by atoms with Crippen molar-refractivity contribution < 1.29 is 4.79 Å². The molecule has 2 atom stereocenters. The van der Waals surface area contributed by atoms with Crippen LogP contribution in [-0.2, 0) is 10.2 Å². The molecule has 4 heteroatoms. The summed E-state index contributed by atoms with van der Waals surface area (Å²) >= 11 is 5.92. The third-order valence-corrected chi connectivity index (χ3v) is 4.61. The van der Waals surface area contributed by atoms with Crippen LogP contribution in [0.4, 0.5) is 0 Å². The number of carbonyl (C=O) groups is 1. The quantitative estimate of drug-likeness (QED) is 0.932. The molecule has 0 radical (unpaired) electrons. The Morgan fingerprint density at radius 2 is 2.00 bits per heavy atom. The molecule has 0 aliphatic carbocycles. The fraction of sp³-hybridized carbons (Fsp3) is 0.562. The highest BCUT2D eigenvalue weighted by Gasteiger charge is 2.39. The maximum atomic E-state index is 12.9. The predicted octanol–water partition coefficient (Wildman–Crippen LogP) is 2.81. The predicted molar refractivity (Wildman–Crippen MR) is 82.8 cm³/mol. The van der Waals surface area contributed by atoms with E-state index in [4.69, 9.17) is 17.3 Å². The Morgan fingerprint density at radius 3 is 2.50 bits per heavy atom. The minimum atomic E-state index is -0.539. The number of halogens is 1. The van der Waals surface area contributed by atoms with Gasteiger partial charge in [0.2, 0.25) is 5.91 Å². The van der Waals surface area contributed by atoms with Gasteiger partial charge in [0, 0.05) is 17.6 Å². The lowest BCUT2D eigenvalue weighted by Gasteiger charge is -2.32. The van der Waals surface area contributed by atoms with Gasteiger partial charge in [-0.2, -0.15) is 0 Å². The summed E-state index contributed by atoms with van der Waals surface area (Å²) in [7, 11) is 0. The van der Waals surface area contributed by atoms with Gasteiger partial charge in [-0.05, 0) is 57.4 Å². The molecule has 0 spiro atoms. The smallest absolute Gasteiger partial charge is 0.232 e. The third-order valence-electron chi connectivity index (χ3n) is 4.36. The number of amides is 1. The first-order chi connectivity index (χ1) is 9.36. The molecule has 0 saturated carbocycles. The maximum Gasteiger partial charge on any atom is 0.232 e. The Morgan fingerprint density at radius 1 is 1.40 bits per heavy atom. The molecule has 0 bridgehead atoms. The molecule has 1 aromatic rings. The van der Waals surface area contributed by atoms with Gasteiger partial charge >= 0.3 is 0 Å². The van der Waals surface area contributed by atoms with E-state index < -0.39 is 5.41 Å². The zero-order valence-corrected chi connectivity index (χ0v) is 13.2. The zero-order chi connectivity index (χ0) is 14.9. The lowest BCUT2D eigenvalue weighted by molar-refractivity contribution is -0.136. The number of carbonyl (C=O) groups excluding carboxylic acids is 1. The van der Waals surface area contributed by atoms with Crippen molar-refractivity contribution in [1.29, 1.82) is 0 Å². The van der Waals surface area contributed by atoms with E-state index in [0.29, 0.717) is 17.5 Å². The highest BCUT2D eigenvalue weighted by molar-refractivity contribution is 6.30. The molecule has 2 unspecified atom stereocenters. The molecule has 1 fully saturated rings. The molecule has 20 heavy (non-hydrogen) atoms. The molecular weight excluding hydrogens is 272 g/mol. The van der Waals surface area contributed by atoms with Crippen molar-refractivity contribution in [3.63, 3.8) is 0 Å². The van der Waals surface area contributed by atoms with Crippen LogP contribution < -0.4 is 5.73 Å². The molecule has 2 N–H and O–H groups in total. The zero-order valence-electron chi connectivity index (χ0n) is 12.4. The van der Waals surface area contributed by atoms with Crippen LogP contribution in [0.25, 0.3) is 0 Å². The highest BCUT2D eigenvalue weighted by atomic mass is 35.5. The third kappa shape index (κ3) is 2.84. The molecule has 110 valence electrons. The SMILES string of the molecule is CC1CC(CN)CN1C(=O)C(C)(C)c1ccc(Cl)cc1. The summed E-state index contributed by atoms with van der Waals surface area (Å²) in [6.07, 6.45) is 0.999. The van der Waals surface area contributed by atoms with Gasteiger partial charge < -0.3 is 10.6 Å².